The van der Waals surface area contributed by atoms with Crippen LogP contribution in [0.25, 0.3) is 0 Å². The number of amides is 1. The summed E-state index contributed by atoms with van der Waals surface area (Å²) >= 11 is 0. The number of nitrogens with zero attached hydrogens (tertiary/aromatic N) is 3. The molecule has 2 N–H and O–H groups in total. The van der Waals surface area contributed by atoms with Gasteiger partial charge in [-0.1, -0.05) is 6.92 Å². The quantitative estimate of drug-likeness (QED) is 0.673. The number of alkyl halides is 2. The predicted molar refractivity (Wildman–Crippen MR) is 112 cm³/mol. The van der Waals surface area contributed by atoms with Gasteiger partial charge >= 0.3 is 5.92 Å². The zero-order chi connectivity index (χ0) is 22.6. The van der Waals surface area contributed by atoms with Crippen molar-refractivity contribution in [2.45, 2.75) is 46.5 Å². The van der Waals surface area contributed by atoms with Crippen molar-refractivity contribution in [3.63, 3.8) is 0 Å². The molecule has 0 spiro atoms. The molecule has 1 aliphatic heterocycles. The van der Waals surface area contributed by atoms with E-state index >= 15 is 0 Å². The lowest BCUT2D eigenvalue weighted by molar-refractivity contribution is -0.114. The first-order chi connectivity index (χ1) is 14.5. The molecule has 168 valence electrons. The second-order valence-corrected chi connectivity index (χ2v) is 8.19. The molecule has 0 bridgehead atoms. The molecule has 2 aromatic heterocycles. The largest absolute Gasteiger partial charge is 0.489 e. The van der Waals surface area contributed by atoms with Crippen molar-refractivity contribution in [2.75, 3.05) is 30.5 Å². The number of hydrogen-bond donors (Lipinski definition) is 2. The predicted octanol–water partition coefficient (Wildman–Crippen LogP) is 4.19. The van der Waals surface area contributed by atoms with E-state index in [0.717, 1.165) is 19.8 Å². The number of anilines is 3. The van der Waals surface area contributed by atoms with Crippen LogP contribution in [-0.4, -0.2) is 40.7 Å². The Morgan fingerprint density at radius 2 is 1.97 bits per heavy atom. The maximum atomic E-state index is 13.8. The molecule has 0 unspecified atom stereocenters. The van der Waals surface area contributed by atoms with Crippen molar-refractivity contribution in [3.05, 3.63) is 29.8 Å². The van der Waals surface area contributed by atoms with E-state index in [1.54, 1.807) is 19.1 Å². The van der Waals surface area contributed by atoms with Crippen molar-refractivity contribution < 1.29 is 23.0 Å². The number of pyridine rings is 1. The maximum Gasteiger partial charge on any atom is 0.303 e. The summed E-state index contributed by atoms with van der Waals surface area (Å²) in [6, 6.07) is 3.13. The van der Waals surface area contributed by atoms with Crippen molar-refractivity contribution >= 4 is 23.2 Å². The molecule has 10 heteroatoms. The fraction of sp³-hybridized carbons (Fsp3) is 0.524. The van der Waals surface area contributed by atoms with E-state index in [-0.39, 0.29) is 17.1 Å². The standard InChI is InChI=1S/C21H27F2N5O3/c1-13-9-18(28-19(25-13)21(4,22)23)27-15-10-17(26-14(2)29)24-11-16(15)31-12-20(3)5-7-30-8-6-20/h9-11H,5-8,12H2,1-4H3,(H2,24,25,26,27,28,29). The minimum atomic E-state index is -3.18. The first-order valence-electron chi connectivity index (χ1n) is 10.0. The fourth-order valence-corrected chi connectivity index (χ4v) is 3.13. The number of carbonyl (C=O) groups excluding carboxylic acids is 1. The lowest BCUT2D eigenvalue weighted by atomic mass is 9.83. The summed E-state index contributed by atoms with van der Waals surface area (Å²) in [6.07, 6.45) is 3.22. The third kappa shape index (κ3) is 6.30. The van der Waals surface area contributed by atoms with Crippen LogP contribution in [0.3, 0.4) is 0 Å². The third-order valence-corrected chi connectivity index (χ3v) is 4.96. The highest BCUT2D eigenvalue weighted by Crippen LogP contribution is 2.34. The molecule has 2 aromatic rings. The highest BCUT2D eigenvalue weighted by molar-refractivity contribution is 5.88. The Labute approximate surface area is 179 Å². The summed E-state index contributed by atoms with van der Waals surface area (Å²) in [5.41, 5.74) is 0.787. The zero-order valence-electron chi connectivity index (χ0n) is 18.1. The molecule has 3 heterocycles. The fourth-order valence-electron chi connectivity index (χ4n) is 3.13. The molecule has 0 radical (unpaired) electrons. The van der Waals surface area contributed by atoms with Crippen LogP contribution in [-0.2, 0) is 15.5 Å². The van der Waals surface area contributed by atoms with E-state index < -0.39 is 11.7 Å². The van der Waals surface area contributed by atoms with Crippen LogP contribution in [0.4, 0.5) is 26.1 Å². The first kappa shape index (κ1) is 22.8. The number of rotatable bonds is 7. The van der Waals surface area contributed by atoms with Crippen LogP contribution in [0.15, 0.2) is 18.3 Å². The van der Waals surface area contributed by atoms with E-state index in [0.29, 0.717) is 42.8 Å². The second-order valence-electron chi connectivity index (χ2n) is 8.19. The van der Waals surface area contributed by atoms with Gasteiger partial charge in [-0.25, -0.2) is 15.0 Å². The summed E-state index contributed by atoms with van der Waals surface area (Å²) in [5.74, 6) is -3.14. The summed E-state index contributed by atoms with van der Waals surface area (Å²) < 4.78 is 39.0. The van der Waals surface area contributed by atoms with Gasteiger partial charge in [-0.2, -0.15) is 8.78 Å². The molecule has 1 fully saturated rings. The van der Waals surface area contributed by atoms with Crippen LogP contribution in [0.2, 0.25) is 0 Å². The smallest absolute Gasteiger partial charge is 0.303 e. The minimum Gasteiger partial charge on any atom is -0.489 e. The van der Waals surface area contributed by atoms with E-state index in [4.69, 9.17) is 9.47 Å². The molecular formula is C21H27F2N5O3. The number of carbonyl (C=O) groups is 1. The molecular weight excluding hydrogens is 408 g/mol. The first-order valence-corrected chi connectivity index (χ1v) is 10.0. The Kier molecular flexibility index (Phi) is 6.68. The highest BCUT2D eigenvalue weighted by Gasteiger charge is 2.30. The monoisotopic (exact) mass is 435 g/mol. The highest BCUT2D eigenvalue weighted by atomic mass is 19.3. The number of aryl methyl sites for hydroxylation is 1. The van der Waals surface area contributed by atoms with Gasteiger partial charge in [0.1, 0.15) is 11.6 Å². The Morgan fingerprint density at radius 3 is 2.61 bits per heavy atom. The van der Waals surface area contributed by atoms with Gasteiger partial charge in [0.2, 0.25) is 11.7 Å². The van der Waals surface area contributed by atoms with Gasteiger partial charge in [-0.05, 0) is 19.8 Å². The average molecular weight is 435 g/mol. The lowest BCUT2D eigenvalue weighted by Gasteiger charge is -2.33. The zero-order valence-corrected chi connectivity index (χ0v) is 18.1. The van der Waals surface area contributed by atoms with Gasteiger partial charge < -0.3 is 20.1 Å². The third-order valence-electron chi connectivity index (χ3n) is 4.96. The van der Waals surface area contributed by atoms with E-state index in [2.05, 4.69) is 32.5 Å². The normalized spacial score (nSPS) is 15.9. The van der Waals surface area contributed by atoms with Crippen molar-refractivity contribution in [1.82, 2.24) is 15.0 Å². The number of aromatic nitrogens is 3. The summed E-state index contributed by atoms with van der Waals surface area (Å²) in [7, 11) is 0. The van der Waals surface area contributed by atoms with Crippen LogP contribution in [0, 0.1) is 12.3 Å². The van der Waals surface area contributed by atoms with E-state index in [1.807, 2.05) is 0 Å². The van der Waals surface area contributed by atoms with Gasteiger partial charge in [0, 0.05) is 50.3 Å². The summed E-state index contributed by atoms with van der Waals surface area (Å²) in [5, 5.41) is 5.62. The SMILES string of the molecule is CC(=O)Nc1cc(Nc2cc(C)nc(C(C)(F)F)n2)c(OCC2(C)CCOCC2)cn1. The molecule has 0 saturated carbocycles. The van der Waals surface area contributed by atoms with Crippen molar-refractivity contribution in [3.8, 4) is 5.75 Å². The molecule has 1 amide bonds. The topological polar surface area (TPSA) is 98.3 Å². The molecule has 1 saturated heterocycles. The second kappa shape index (κ2) is 9.09. The number of nitrogens with one attached hydrogen (secondary N) is 2. The van der Waals surface area contributed by atoms with Crippen LogP contribution < -0.4 is 15.4 Å². The Bertz CT molecular complexity index is 943. The molecule has 1 aliphatic rings. The van der Waals surface area contributed by atoms with E-state index in [9.17, 15) is 13.6 Å². The van der Waals surface area contributed by atoms with Crippen LogP contribution in [0.1, 0.15) is 45.1 Å². The molecule has 8 nitrogen and oxygen atoms in total. The lowest BCUT2D eigenvalue weighted by Crippen LogP contribution is -2.32. The molecule has 0 aromatic carbocycles. The van der Waals surface area contributed by atoms with Gasteiger partial charge in [0.25, 0.3) is 0 Å². The van der Waals surface area contributed by atoms with Crippen molar-refractivity contribution in [2.24, 2.45) is 5.41 Å². The minimum absolute atomic E-state index is 0.0469. The van der Waals surface area contributed by atoms with Crippen LogP contribution in [0.5, 0.6) is 5.75 Å². The van der Waals surface area contributed by atoms with E-state index in [1.165, 1.54) is 13.1 Å². The average Bonchev–Trinajstić information content (AvgIpc) is 2.66. The number of halogens is 2. The molecule has 0 atom stereocenters. The summed E-state index contributed by atoms with van der Waals surface area (Å²) in [6.45, 7) is 7.65. The van der Waals surface area contributed by atoms with Gasteiger partial charge in [-0.3, -0.25) is 4.79 Å². The van der Waals surface area contributed by atoms with Crippen LogP contribution >= 0.6 is 0 Å². The Hall–Kier alpha value is -2.88. The number of ether oxygens (including phenoxy) is 2. The number of hydrogen-bond acceptors (Lipinski definition) is 7. The maximum absolute atomic E-state index is 13.8. The molecule has 0 aliphatic carbocycles. The molecule has 3 rings (SSSR count). The summed E-state index contributed by atoms with van der Waals surface area (Å²) in [4.78, 5) is 23.4. The Morgan fingerprint density at radius 1 is 1.26 bits per heavy atom. The molecule has 31 heavy (non-hydrogen) atoms. The van der Waals surface area contributed by atoms with Gasteiger partial charge in [-0.15, -0.1) is 0 Å². The van der Waals surface area contributed by atoms with Gasteiger partial charge in [0.05, 0.1) is 18.5 Å². The van der Waals surface area contributed by atoms with Crippen molar-refractivity contribution in [1.29, 1.82) is 0 Å². The Balaban J connectivity index is 1.89. The van der Waals surface area contributed by atoms with Gasteiger partial charge in [0.15, 0.2) is 5.75 Å².